The van der Waals surface area contributed by atoms with Crippen molar-refractivity contribution in [2.45, 2.75) is 57.2 Å². The molecule has 6 nitrogen and oxygen atoms in total. The predicted octanol–water partition coefficient (Wildman–Crippen LogP) is 5.35. The molecule has 5 rings (SSSR count). The molecule has 2 heterocycles. The topological polar surface area (TPSA) is 65.6 Å². The van der Waals surface area contributed by atoms with E-state index in [-0.39, 0.29) is 30.2 Å². The van der Waals surface area contributed by atoms with E-state index < -0.39 is 11.9 Å². The van der Waals surface area contributed by atoms with Gasteiger partial charge in [0, 0.05) is 23.6 Å². The highest BCUT2D eigenvalue weighted by Gasteiger charge is 2.39. The van der Waals surface area contributed by atoms with Crippen LogP contribution in [0.2, 0.25) is 0 Å². The number of fused-ring (bicyclic) bond motifs is 1. The third-order valence-corrected chi connectivity index (χ3v) is 6.65. The smallest absolute Gasteiger partial charge is 0.298 e. The number of rotatable bonds is 8. The van der Waals surface area contributed by atoms with Crippen LogP contribution in [-0.2, 0) is 36.8 Å². The molecule has 36 heavy (non-hydrogen) atoms. The van der Waals surface area contributed by atoms with E-state index in [0.717, 1.165) is 23.4 Å². The molecule has 1 aliphatic rings. The molecule has 0 radical (unpaired) electrons. The Bertz CT molecular complexity index is 1330. The average molecular weight is 494 g/mol. The maximum Gasteiger partial charge on any atom is 0.435 e. The van der Waals surface area contributed by atoms with E-state index in [2.05, 4.69) is 15.4 Å². The highest BCUT2D eigenvalue weighted by molar-refractivity contribution is 5.79. The Hall–Kier alpha value is -3.75. The first-order valence-electron chi connectivity index (χ1n) is 12.1. The van der Waals surface area contributed by atoms with Crippen molar-refractivity contribution in [3.63, 3.8) is 0 Å². The Balaban J connectivity index is 1.43. The molecule has 186 valence electrons. The number of carbonyl (C=O) groups excluding carboxylic acids is 1. The number of Topliss-reactive ketones (excluding diaryl/α,β-unsaturated/α-hetero) is 1. The average Bonchev–Trinajstić information content (AvgIpc) is 3.50. The molecular weight excluding hydrogens is 467 g/mol. The number of benzene rings is 2. The zero-order valence-electron chi connectivity index (χ0n) is 19.7. The number of hydrogen-bond acceptors (Lipinski definition) is 4. The summed E-state index contributed by atoms with van der Waals surface area (Å²) in [6.45, 7) is -0.184. The molecular formula is C27H26F3N5O. The van der Waals surface area contributed by atoms with Crippen LogP contribution in [0.15, 0.2) is 66.9 Å². The number of para-hydroxylation sites is 1. The van der Waals surface area contributed by atoms with Crippen molar-refractivity contribution in [1.29, 1.82) is 0 Å². The minimum atomic E-state index is -4.53. The van der Waals surface area contributed by atoms with E-state index in [9.17, 15) is 18.0 Å². The van der Waals surface area contributed by atoms with Crippen molar-refractivity contribution in [2.24, 2.45) is 0 Å². The van der Waals surface area contributed by atoms with E-state index in [1.54, 1.807) is 10.9 Å². The number of aromatic nitrogens is 5. The first kappa shape index (κ1) is 24.0. The highest BCUT2D eigenvalue weighted by Crippen LogP contribution is 2.36. The van der Waals surface area contributed by atoms with Crippen LogP contribution in [0.25, 0.3) is 5.69 Å². The molecule has 0 saturated heterocycles. The molecule has 4 aromatic rings. The van der Waals surface area contributed by atoms with Crippen molar-refractivity contribution in [3.05, 3.63) is 95.1 Å². The number of ketones is 1. The summed E-state index contributed by atoms with van der Waals surface area (Å²) < 4.78 is 43.8. The Morgan fingerprint density at radius 3 is 2.39 bits per heavy atom. The van der Waals surface area contributed by atoms with Gasteiger partial charge < -0.3 is 0 Å². The lowest BCUT2D eigenvalue weighted by Crippen LogP contribution is -2.20. The molecule has 2 aromatic heterocycles. The van der Waals surface area contributed by atoms with E-state index >= 15 is 0 Å². The van der Waals surface area contributed by atoms with Crippen LogP contribution >= 0.6 is 0 Å². The quantitative estimate of drug-likeness (QED) is 0.332. The lowest BCUT2D eigenvalue weighted by molar-refractivity contribution is -0.142. The largest absolute Gasteiger partial charge is 0.435 e. The maximum atomic E-state index is 13.6. The summed E-state index contributed by atoms with van der Waals surface area (Å²) in [7, 11) is 0. The molecule has 1 atom stereocenters. The molecule has 0 amide bonds. The molecule has 0 spiro atoms. The maximum absolute atomic E-state index is 13.6. The van der Waals surface area contributed by atoms with Gasteiger partial charge in [0.05, 0.1) is 24.1 Å². The molecule has 0 N–H and O–H groups in total. The first-order valence-corrected chi connectivity index (χ1v) is 12.1. The second kappa shape index (κ2) is 10.1. The molecule has 0 fully saturated rings. The van der Waals surface area contributed by atoms with Crippen molar-refractivity contribution >= 4 is 5.78 Å². The summed E-state index contributed by atoms with van der Waals surface area (Å²) in [4.78, 5) is 13.3. The van der Waals surface area contributed by atoms with Crippen LogP contribution < -0.4 is 0 Å². The van der Waals surface area contributed by atoms with Crippen LogP contribution in [0.3, 0.4) is 0 Å². The van der Waals surface area contributed by atoms with Crippen LogP contribution in [0.1, 0.15) is 53.4 Å². The number of halogens is 3. The first-order chi connectivity index (χ1) is 17.4. The third kappa shape index (κ3) is 5.10. The lowest BCUT2D eigenvalue weighted by atomic mass is 9.91. The predicted molar refractivity (Wildman–Crippen MR) is 128 cm³/mol. The van der Waals surface area contributed by atoms with Gasteiger partial charge in [-0.1, -0.05) is 53.7 Å². The molecule has 0 saturated carbocycles. The lowest BCUT2D eigenvalue weighted by Gasteiger charge is -2.19. The van der Waals surface area contributed by atoms with Crippen LogP contribution in [0.4, 0.5) is 13.2 Å². The van der Waals surface area contributed by atoms with E-state index in [0.29, 0.717) is 31.4 Å². The summed E-state index contributed by atoms with van der Waals surface area (Å²) in [6, 6.07) is 19.3. The zero-order chi connectivity index (χ0) is 25.1. The van der Waals surface area contributed by atoms with Crippen LogP contribution in [-0.4, -0.2) is 30.6 Å². The number of carbonyl (C=O) groups is 1. The Kier molecular flexibility index (Phi) is 6.71. The van der Waals surface area contributed by atoms with Gasteiger partial charge in [-0.25, -0.2) is 4.68 Å². The van der Waals surface area contributed by atoms with Gasteiger partial charge in [0.2, 0.25) is 0 Å². The number of hydrogen-bond donors (Lipinski definition) is 0. The second-order valence-electron chi connectivity index (χ2n) is 9.17. The normalized spacial score (nSPS) is 14.4. The molecule has 0 bridgehead atoms. The van der Waals surface area contributed by atoms with E-state index in [1.807, 2.05) is 60.7 Å². The van der Waals surface area contributed by atoms with Crippen molar-refractivity contribution in [1.82, 2.24) is 24.8 Å². The number of nitrogens with zero attached hydrogens (tertiary/aromatic N) is 5. The molecule has 2 aromatic carbocycles. The van der Waals surface area contributed by atoms with Crippen LogP contribution in [0.5, 0.6) is 0 Å². The summed E-state index contributed by atoms with van der Waals surface area (Å²) in [5.41, 5.74) is 2.58. The van der Waals surface area contributed by atoms with Crippen molar-refractivity contribution < 1.29 is 18.0 Å². The van der Waals surface area contributed by atoms with Gasteiger partial charge in [-0.15, -0.1) is 5.10 Å². The molecule has 0 aliphatic heterocycles. The van der Waals surface area contributed by atoms with Gasteiger partial charge in [-0.2, -0.15) is 18.3 Å². The van der Waals surface area contributed by atoms with Crippen molar-refractivity contribution in [2.75, 3.05) is 0 Å². The van der Waals surface area contributed by atoms with Gasteiger partial charge >= 0.3 is 6.18 Å². The van der Waals surface area contributed by atoms with Gasteiger partial charge in [0.15, 0.2) is 11.5 Å². The fourth-order valence-electron chi connectivity index (χ4n) is 5.01. The monoisotopic (exact) mass is 493 g/mol. The summed E-state index contributed by atoms with van der Waals surface area (Å²) >= 11 is 0. The molecule has 1 unspecified atom stereocenters. The fraction of sp³-hybridized carbons (Fsp3) is 0.333. The minimum Gasteiger partial charge on any atom is -0.298 e. The van der Waals surface area contributed by atoms with E-state index in [1.165, 1.54) is 4.68 Å². The Labute approximate surface area is 206 Å². The third-order valence-electron chi connectivity index (χ3n) is 6.65. The Morgan fingerprint density at radius 2 is 1.67 bits per heavy atom. The molecule has 9 heteroatoms. The SMILES string of the molecule is O=C(CC(Cc1ccccc1)c1cnnn1-c1ccccc1)Cn1nc(C(F)(F)F)c2c1CCCC2. The van der Waals surface area contributed by atoms with Gasteiger partial charge in [0.25, 0.3) is 0 Å². The van der Waals surface area contributed by atoms with Crippen LogP contribution in [0, 0.1) is 0 Å². The fourth-order valence-corrected chi connectivity index (χ4v) is 5.01. The summed E-state index contributed by atoms with van der Waals surface area (Å²) in [5, 5.41) is 12.2. The number of alkyl halides is 3. The van der Waals surface area contributed by atoms with Gasteiger partial charge in [-0.3, -0.25) is 9.48 Å². The second-order valence-corrected chi connectivity index (χ2v) is 9.17. The van der Waals surface area contributed by atoms with Gasteiger partial charge in [-0.05, 0) is 49.8 Å². The summed E-state index contributed by atoms with van der Waals surface area (Å²) in [6.07, 6.45) is 0.169. The minimum absolute atomic E-state index is 0.130. The summed E-state index contributed by atoms with van der Waals surface area (Å²) in [5.74, 6) is -0.440. The Morgan fingerprint density at radius 1 is 0.972 bits per heavy atom. The molecule has 1 aliphatic carbocycles. The standard InChI is InChI=1S/C27H26F3N5O/c28-27(29,30)26-23-13-7-8-14-24(23)34(32-26)18-22(36)16-20(15-19-9-3-1-4-10-19)25-17-31-33-35(25)21-11-5-2-6-12-21/h1-6,9-12,17,20H,7-8,13-16,18H2. The van der Waals surface area contributed by atoms with Gasteiger partial charge in [0.1, 0.15) is 0 Å². The highest BCUT2D eigenvalue weighted by atomic mass is 19.4. The van der Waals surface area contributed by atoms with E-state index in [4.69, 9.17) is 0 Å². The van der Waals surface area contributed by atoms with Crippen molar-refractivity contribution in [3.8, 4) is 5.69 Å². The zero-order valence-corrected chi connectivity index (χ0v) is 19.7.